The molecule has 0 radical (unpaired) electrons. The van der Waals surface area contributed by atoms with Crippen LogP contribution in [0.25, 0.3) is 0 Å². The van der Waals surface area contributed by atoms with Gasteiger partial charge in [-0.25, -0.2) is 0 Å². The number of hydrogen-bond donors (Lipinski definition) is 1. The summed E-state index contributed by atoms with van der Waals surface area (Å²) >= 11 is 0. The van der Waals surface area contributed by atoms with Crippen LogP contribution in [0, 0.1) is 27.9 Å². The van der Waals surface area contributed by atoms with Gasteiger partial charge in [-0.15, -0.1) is 0 Å². The minimum absolute atomic E-state index is 0.0302. The van der Waals surface area contributed by atoms with Gasteiger partial charge in [-0.2, -0.15) is 0 Å². The third-order valence-electron chi connectivity index (χ3n) is 6.40. The fourth-order valence-corrected chi connectivity index (χ4v) is 5.17. The first kappa shape index (κ1) is 18.8. The molecule has 5 unspecified atom stereocenters. The number of likely N-dealkylation sites (tertiary alicyclic amines) is 1. The van der Waals surface area contributed by atoms with Crippen LogP contribution >= 0.6 is 0 Å². The maximum atomic E-state index is 12.8. The van der Waals surface area contributed by atoms with Crippen LogP contribution in [-0.2, 0) is 16.1 Å². The third-order valence-corrected chi connectivity index (χ3v) is 6.40. The fraction of sp³-hybridized carbons (Fsp3) is 0.579. The number of aliphatic hydroxyl groups is 1. The molecule has 1 aromatic rings. The van der Waals surface area contributed by atoms with E-state index in [-0.39, 0.29) is 48.2 Å². The molecule has 5 atom stereocenters. The topological polar surface area (TPSA) is 117 Å². The lowest BCUT2D eigenvalue weighted by Gasteiger charge is -2.53. The maximum Gasteiger partial charge on any atom is 0.433 e. The molecule has 1 aliphatic carbocycles. The molecule has 150 valence electrons. The lowest BCUT2D eigenvalue weighted by molar-refractivity contribution is -0.402. The van der Waals surface area contributed by atoms with E-state index in [2.05, 4.69) is 11.0 Å². The number of imide groups is 1. The highest BCUT2D eigenvalue weighted by Gasteiger charge is 2.61. The Morgan fingerprint density at radius 3 is 2.57 bits per heavy atom. The smallest absolute Gasteiger partial charge is 0.404 e. The summed E-state index contributed by atoms with van der Waals surface area (Å²) in [5.41, 5.74) is 1.12. The van der Waals surface area contributed by atoms with Crippen molar-refractivity contribution < 1.29 is 24.0 Å². The Morgan fingerprint density at radius 2 is 1.93 bits per heavy atom. The number of carbonyl (C=O) groups excluding carboxylic acids is 2. The Kier molecular flexibility index (Phi) is 4.59. The largest absolute Gasteiger partial charge is 0.433 e. The van der Waals surface area contributed by atoms with Gasteiger partial charge in [0.25, 0.3) is 0 Å². The van der Waals surface area contributed by atoms with Crippen molar-refractivity contribution in [1.82, 2.24) is 9.80 Å². The molecule has 2 saturated heterocycles. The van der Waals surface area contributed by atoms with E-state index >= 15 is 0 Å². The van der Waals surface area contributed by atoms with E-state index in [1.54, 1.807) is 6.07 Å². The molecule has 2 amide bonds. The van der Waals surface area contributed by atoms with Crippen molar-refractivity contribution in [2.24, 2.45) is 17.8 Å². The molecule has 9 heteroatoms. The number of aliphatic hydroxyl groups excluding tert-OH is 1. The first-order valence-electron chi connectivity index (χ1n) is 9.47. The molecular formula is C19H23N3O6. The molecule has 0 aromatic carbocycles. The van der Waals surface area contributed by atoms with E-state index in [4.69, 9.17) is 4.42 Å². The Labute approximate surface area is 161 Å². The van der Waals surface area contributed by atoms with Crippen molar-refractivity contribution >= 4 is 17.7 Å². The predicted molar refractivity (Wildman–Crippen MR) is 96.8 cm³/mol. The molecular weight excluding hydrogens is 366 g/mol. The van der Waals surface area contributed by atoms with Gasteiger partial charge in [0.1, 0.15) is 10.7 Å². The summed E-state index contributed by atoms with van der Waals surface area (Å²) in [6.07, 6.45) is 3.36. The zero-order valence-corrected chi connectivity index (χ0v) is 15.8. The fourth-order valence-electron chi connectivity index (χ4n) is 5.17. The molecule has 0 saturated carbocycles. The van der Waals surface area contributed by atoms with Gasteiger partial charge < -0.3 is 9.52 Å². The number of rotatable bonds is 6. The highest BCUT2D eigenvalue weighted by Crippen LogP contribution is 2.51. The molecule has 2 bridgehead atoms. The van der Waals surface area contributed by atoms with Crippen molar-refractivity contribution in [3.63, 3.8) is 0 Å². The van der Waals surface area contributed by atoms with Crippen molar-refractivity contribution in [1.29, 1.82) is 0 Å². The SMILES string of the molecule is CC1C2C(CCCO)=CC(C3C(=O)N(C)C(=O)C23)N1Cc1ccc([N+](=O)[O-])o1. The Hall–Kier alpha value is -2.52. The van der Waals surface area contributed by atoms with Crippen molar-refractivity contribution in [3.05, 3.63) is 39.7 Å². The molecule has 1 aromatic heterocycles. The minimum Gasteiger partial charge on any atom is -0.404 e. The Morgan fingerprint density at radius 1 is 1.21 bits per heavy atom. The zero-order valence-electron chi connectivity index (χ0n) is 15.8. The summed E-state index contributed by atoms with van der Waals surface area (Å²) in [5, 5.41) is 20.1. The molecule has 0 spiro atoms. The number of fused-ring (bicyclic) bond motifs is 1. The summed E-state index contributed by atoms with van der Waals surface area (Å²) in [6, 6.07) is 2.60. The Balaban J connectivity index is 1.68. The van der Waals surface area contributed by atoms with Crippen LogP contribution in [0.15, 0.2) is 28.2 Å². The molecule has 28 heavy (non-hydrogen) atoms. The third kappa shape index (κ3) is 2.68. The monoisotopic (exact) mass is 389 g/mol. The highest BCUT2D eigenvalue weighted by molar-refractivity contribution is 6.06. The van der Waals surface area contributed by atoms with Crippen LogP contribution < -0.4 is 0 Å². The first-order chi connectivity index (χ1) is 13.3. The van der Waals surface area contributed by atoms with Crippen molar-refractivity contribution in [2.45, 2.75) is 38.4 Å². The van der Waals surface area contributed by atoms with Gasteiger partial charge in [-0.05, 0) is 25.8 Å². The number of nitrogens with zero attached hydrogens (tertiary/aromatic N) is 3. The zero-order chi connectivity index (χ0) is 20.2. The predicted octanol–water partition coefficient (Wildman–Crippen LogP) is 1.32. The quantitative estimate of drug-likeness (QED) is 0.337. The molecule has 1 N–H and O–H groups in total. The van der Waals surface area contributed by atoms with E-state index < -0.39 is 10.8 Å². The normalized spacial score (nSPS) is 32.0. The number of piperidine rings is 1. The highest BCUT2D eigenvalue weighted by atomic mass is 16.6. The van der Waals surface area contributed by atoms with Gasteiger partial charge in [0.05, 0.1) is 24.4 Å². The van der Waals surface area contributed by atoms with E-state index in [0.29, 0.717) is 25.1 Å². The summed E-state index contributed by atoms with van der Waals surface area (Å²) in [5.74, 6) is -1.11. The molecule has 4 aliphatic rings. The van der Waals surface area contributed by atoms with Gasteiger partial charge in [0.15, 0.2) is 0 Å². The molecule has 2 fully saturated rings. The number of carbonyl (C=O) groups is 2. The molecule has 3 aliphatic heterocycles. The lowest BCUT2D eigenvalue weighted by Crippen LogP contribution is -2.61. The number of amides is 2. The van der Waals surface area contributed by atoms with Gasteiger partial charge in [-0.3, -0.25) is 29.5 Å². The van der Waals surface area contributed by atoms with Crippen molar-refractivity contribution in [3.8, 4) is 0 Å². The maximum absolute atomic E-state index is 12.8. The van der Waals surface area contributed by atoms with E-state index in [0.717, 1.165) is 5.57 Å². The minimum atomic E-state index is -0.577. The summed E-state index contributed by atoms with van der Waals surface area (Å²) in [7, 11) is 1.53. The van der Waals surface area contributed by atoms with Gasteiger partial charge in [0, 0.05) is 31.7 Å². The van der Waals surface area contributed by atoms with Crippen LogP contribution in [-0.4, -0.2) is 57.4 Å². The number of hydrogen-bond acceptors (Lipinski definition) is 7. The second kappa shape index (κ2) is 6.82. The van der Waals surface area contributed by atoms with Gasteiger partial charge in [0.2, 0.25) is 11.8 Å². The van der Waals surface area contributed by atoms with Crippen LogP contribution in [0.5, 0.6) is 0 Å². The summed E-state index contributed by atoms with van der Waals surface area (Å²) < 4.78 is 5.32. The lowest BCUT2D eigenvalue weighted by atomic mass is 9.62. The van der Waals surface area contributed by atoms with Crippen LogP contribution in [0.2, 0.25) is 0 Å². The average Bonchev–Trinajstić information content (AvgIpc) is 3.23. The van der Waals surface area contributed by atoms with E-state index in [9.17, 15) is 24.8 Å². The van der Waals surface area contributed by atoms with Gasteiger partial charge in [-0.1, -0.05) is 11.6 Å². The summed E-state index contributed by atoms with van der Waals surface area (Å²) in [4.78, 5) is 39.2. The summed E-state index contributed by atoms with van der Waals surface area (Å²) in [6.45, 7) is 2.42. The van der Waals surface area contributed by atoms with E-state index in [1.807, 2.05) is 6.92 Å². The molecule has 9 nitrogen and oxygen atoms in total. The second-order valence-corrected chi connectivity index (χ2v) is 7.78. The molecule has 4 heterocycles. The van der Waals surface area contributed by atoms with Crippen LogP contribution in [0.3, 0.4) is 0 Å². The average molecular weight is 389 g/mol. The standard InChI is InChI=1S/C19H23N3O6/c1-10-15-11(4-3-7-23)8-13(16-17(15)19(25)20(2)18(16)24)21(10)9-12-5-6-14(28-12)22(26)27/h5-6,8,10,13,15-17,23H,3-4,7,9H2,1-2H3. The van der Waals surface area contributed by atoms with Crippen LogP contribution in [0.1, 0.15) is 25.5 Å². The van der Waals surface area contributed by atoms with Gasteiger partial charge >= 0.3 is 5.88 Å². The number of furan rings is 1. The Bertz CT molecular complexity index is 862. The first-order valence-corrected chi connectivity index (χ1v) is 9.47. The number of nitro groups is 1. The van der Waals surface area contributed by atoms with E-state index in [1.165, 1.54) is 18.0 Å². The van der Waals surface area contributed by atoms with Crippen LogP contribution in [0.4, 0.5) is 5.88 Å². The second-order valence-electron chi connectivity index (χ2n) is 7.78. The molecule has 5 rings (SSSR count). The van der Waals surface area contributed by atoms with Crippen molar-refractivity contribution in [2.75, 3.05) is 13.7 Å².